The number of ether oxygens (including phenoxy) is 1. The van der Waals surface area contributed by atoms with Crippen molar-refractivity contribution in [2.75, 3.05) is 11.1 Å². The van der Waals surface area contributed by atoms with Gasteiger partial charge < -0.3 is 15.8 Å². The molecule has 0 atom stereocenters. The van der Waals surface area contributed by atoms with Gasteiger partial charge in [-0.25, -0.2) is 8.78 Å². The number of benzene rings is 1. The topological polar surface area (TPSA) is 86.0 Å². The minimum atomic E-state index is -0.909. The molecule has 6 nitrogen and oxygen atoms in total. The van der Waals surface area contributed by atoms with Gasteiger partial charge in [0, 0.05) is 6.54 Å². The lowest BCUT2D eigenvalue weighted by Crippen LogP contribution is -2.13. The summed E-state index contributed by atoms with van der Waals surface area (Å²) in [4.78, 5) is 11.8. The minimum Gasteiger partial charge on any atom is -0.461 e. The molecular formula is C13H15F2N5O. The van der Waals surface area contributed by atoms with E-state index >= 15 is 0 Å². The van der Waals surface area contributed by atoms with Crippen LogP contribution in [0, 0.1) is 11.6 Å². The van der Waals surface area contributed by atoms with Crippen LogP contribution >= 0.6 is 0 Å². The van der Waals surface area contributed by atoms with Crippen LogP contribution in [-0.4, -0.2) is 21.1 Å². The summed E-state index contributed by atoms with van der Waals surface area (Å²) in [6, 6.07) is 3.71. The first kappa shape index (κ1) is 14.9. The summed E-state index contributed by atoms with van der Waals surface area (Å²) < 4.78 is 31.3. The van der Waals surface area contributed by atoms with Gasteiger partial charge in [-0.2, -0.15) is 15.0 Å². The smallest absolute Gasteiger partial charge is 0.323 e. The molecule has 0 aliphatic heterocycles. The standard InChI is InChI=1S/C13H15F2N5O/c1-7(2)21-13-19-11(16)18-12(20-13)17-6-8-3-4-9(14)10(15)5-8/h3-5,7H,6H2,1-2H3,(H3,16,17,18,19,20). The Morgan fingerprint density at radius 3 is 2.62 bits per heavy atom. The maximum absolute atomic E-state index is 13.1. The SMILES string of the molecule is CC(C)Oc1nc(N)nc(NCc2ccc(F)c(F)c2)n1. The number of halogens is 2. The zero-order valence-corrected chi connectivity index (χ0v) is 11.6. The Morgan fingerprint density at radius 2 is 1.95 bits per heavy atom. The summed E-state index contributed by atoms with van der Waals surface area (Å²) in [5, 5.41) is 2.85. The summed E-state index contributed by atoms with van der Waals surface area (Å²) in [5.41, 5.74) is 6.10. The molecule has 0 radical (unpaired) electrons. The van der Waals surface area contributed by atoms with E-state index in [2.05, 4.69) is 20.3 Å². The Balaban J connectivity index is 2.08. The predicted octanol–water partition coefficient (Wildman–Crippen LogP) is 2.13. The van der Waals surface area contributed by atoms with Gasteiger partial charge in [0.15, 0.2) is 11.6 Å². The zero-order valence-electron chi connectivity index (χ0n) is 11.6. The van der Waals surface area contributed by atoms with Crippen molar-refractivity contribution in [3.8, 4) is 6.01 Å². The van der Waals surface area contributed by atoms with Gasteiger partial charge >= 0.3 is 6.01 Å². The number of nitrogens with zero attached hydrogens (tertiary/aromatic N) is 3. The molecule has 2 rings (SSSR count). The molecule has 0 bridgehead atoms. The second-order valence-corrected chi connectivity index (χ2v) is 4.57. The molecule has 21 heavy (non-hydrogen) atoms. The third kappa shape index (κ3) is 4.23. The highest BCUT2D eigenvalue weighted by molar-refractivity contribution is 5.34. The summed E-state index contributed by atoms with van der Waals surface area (Å²) in [6.45, 7) is 3.87. The number of nitrogens with one attached hydrogen (secondary N) is 1. The van der Waals surface area contributed by atoms with Crippen LogP contribution in [-0.2, 0) is 6.54 Å². The molecule has 0 saturated heterocycles. The van der Waals surface area contributed by atoms with Crippen molar-refractivity contribution >= 4 is 11.9 Å². The van der Waals surface area contributed by atoms with E-state index in [0.29, 0.717) is 5.56 Å². The van der Waals surface area contributed by atoms with Gasteiger partial charge in [0.25, 0.3) is 0 Å². The number of nitrogens with two attached hydrogens (primary N) is 1. The maximum atomic E-state index is 13.1. The fourth-order valence-electron chi connectivity index (χ4n) is 1.55. The predicted molar refractivity (Wildman–Crippen MR) is 73.7 cm³/mol. The summed E-state index contributed by atoms with van der Waals surface area (Å²) in [5.74, 6) is -1.60. The molecular weight excluding hydrogens is 280 g/mol. The van der Waals surface area contributed by atoms with Gasteiger partial charge in [-0.05, 0) is 31.5 Å². The first-order valence-corrected chi connectivity index (χ1v) is 6.30. The first-order chi connectivity index (χ1) is 9.94. The molecule has 3 N–H and O–H groups in total. The molecule has 0 aliphatic rings. The van der Waals surface area contributed by atoms with E-state index in [9.17, 15) is 8.78 Å². The lowest BCUT2D eigenvalue weighted by atomic mass is 10.2. The van der Waals surface area contributed by atoms with Gasteiger partial charge in [0.2, 0.25) is 11.9 Å². The van der Waals surface area contributed by atoms with Crippen LogP contribution in [0.15, 0.2) is 18.2 Å². The fraction of sp³-hybridized carbons (Fsp3) is 0.308. The normalized spacial score (nSPS) is 10.7. The van der Waals surface area contributed by atoms with Gasteiger partial charge in [-0.15, -0.1) is 0 Å². The molecule has 8 heteroatoms. The second-order valence-electron chi connectivity index (χ2n) is 4.57. The van der Waals surface area contributed by atoms with Crippen molar-refractivity contribution in [2.24, 2.45) is 0 Å². The van der Waals surface area contributed by atoms with E-state index in [0.717, 1.165) is 12.1 Å². The van der Waals surface area contributed by atoms with Crippen molar-refractivity contribution in [2.45, 2.75) is 26.5 Å². The number of anilines is 2. The average Bonchev–Trinajstić information content (AvgIpc) is 2.39. The Labute approximate surface area is 120 Å². The number of rotatable bonds is 5. The largest absolute Gasteiger partial charge is 0.461 e. The lowest BCUT2D eigenvalue weighted by molar-refractivity contribution is 0.222. The molecule has 2 aromatic rings. The van der Waals surface area contributed by atoms with E-state index in [-0.39, 0.29) is 30.6 Å². The molecule has 0 unspecified atom stereocenters. The van der Waals surface area contributed by atoms with Crippen LogP contribution in [0.3, 0.4) is 0 Å². The van der Waals surface area contributed by atoms with Gasteiger partial charge in [0.05, 0.1) is 6.10 Å². The maximum Gasteiger partial charge on any atom is 0.323 e. The Morgan fingerprint density at radius 1 is 1.19 bits per heavy atom. The molecule has 1 aromatic heterocycles. The summed E-state index contributed by atoms with van der Waals surface area (Å²) >= 11 is 0. The van der Waals surface area contributed by atoms with E-state index in [1.165, 1.54) is 6.07 Å². The number of nitrogen functional groups attached to an aromatic ring is 1. The quantitative estimate of drug-likeness (QED) is 0.879. The van der Waals surface area contributed by atoms with Crippen molar-refractivity contribution in [3.63, 3.8) is 0 Å². The molecule has 0 saturated carbocycles. The Bertz CT molecular complexity index is 636. The molecule has 0 amide bonds. The number of aromatic nitrogens is 3. The van der Waals surface area contributed by atoms with Crippen molar-refractivity contribution in [1.82, 2.24) is 15.0 Å². The molecule has 1 heterocycles. The summed E-state index contributed by atoms with van der Waals surface area (Å²) in [6.07, 6.45) is -0.106. The van der Waals surface area contributed by atoms with Gasteiger partial charge in [-0.3, -0.25) is 0 Å². The monoisotopic (exact) mass is 295 g/mol. The summed E-state index contributed by atoms with van der Waals surface area (Å²) in [7, 11) is 0. The zero-order chi connectivity index (χ0) is 15.4. The van der Waals surface area contributed by atoms with Crippen LogP contribution in [0.2, 0.25) is 0 Å². The van der Waals surface area contributed by atoms with Crippen LogP contribution < -0.4 is 15.8 Å². The van der Waals surface area contributed by atoms with E-state index in [1.807, 2.05) is 13.8 Å². The van der Waals surface area contributed by atoms with Crippen LogP contribution in [0.5, 0.6) is 6.01 Å². The highest BCUT2D eigenvalue weighted by Crippen LogP contribution is 2.13. The van der Waals surface area contributed by atoms with Gasteiger partial charge in [0.1, 0.15) is 0 Å². The number of hydrogen-bond donors (Lipinski definition) is 2. The highest BCUT2D eigenvalue weighted by Gasteiger charge is 2.08. The third-order valence-corrected chi connectivity index (χ3v) is 2.41. The Hall–Kier alpha value is -2.51. The van der Waals surface area contributed by atoms with Crippen molar-refractivity contribution in [1.29, 1.82) is 0 Å². The highest BCUT2D eigenvalue weighted by atomic mass is 19.2. The average molecular weight is 295 g/mol. The molecule has 0 aliphatic carbocycles. The third-order valence-electron chi connectivity index (χ3n) is 2.41. The molecule has 0 spiro atoms. The van der Waals surface area contributed by atoms with E-state index < -0.39 is 11.6 Å². The van der Waals surface area contributed by atoms with Crippen molar-refractivity contribution in [3.05, 3.63) is 35.4 Å². The van der Waals surface area contributed by atoms with Crippen LogP contribution in [0.1, 0.15) is 19.4 Å². The molecule has 112 valence electrons. The lowest BCUT2D eigenvalue weighted by Gasteiger charge is -2.10. The van der Waals surface area contributed by atoms with Crippen molar-refractivity contribution < 1.29 is 13.5 Å². The molecule has 1 aromatic carbocycles. The van der Waals surface area contributed by atoms with Crippen LogP contribution in [0.4, 0.5) is 20.7 Å². The minimum absolute atomic E-state index is 0.00781. The first-order valence-electron chi connectivity index (χ1n) is 6.30. The second kappa shape index (κ2) is 6.29. The fourth-order valence-corrected chi connectivity index (χ4v) is 1.55. The van der Waals surface area contributed by atoms with Crippen LogP contribution in [0.25, 0.3) is 0 Å². The van der Waals surface area contributed by atoms with Gasteiger partial charge in [-0.1, -0.05) is 6.07 Å². The van der Waals surface area contributed by atoms with E-state index in [4.69, 9.17) is 10.5 Å². The molecule has 0 fully saturated rings. The Kier molecular flexibility index (Phi) is 4.46. The van der Waals surface area contributed by atoms with E-state index in [1.54, 1.807) is 0 Å². The number of hydrogen-bond acceptors (Lipinski definition) is 6.